The van der Waals surface area contributed by atoms with E-state index in [9.17, 15) is 18.3 Å². The van der Waals surface area contributed by atoms with Gasteiger partial charge in [0, 0.05) is 42.6 Å². The summed E-state index contributed by atoms with van der Waals surface area (Å²) >= 11 is 0. The monoisotopic (exact) mass is 384 g/mol. The first-order chi connectivity index (χ1) is 12.9. The molecule has 3 rings (SSSR count). The third kappa shape index (κ3) is 4.60. The van der Waals surface area contributed by atoms with E-state index in [-0.39, 0.29) is 17.1 Å². The minimum Gasteiger partial charge on any atom is -0.478 e. The van der Waals surface area contributed by atoms with Crippen LogP contribution in [-0.4, -0.2) is 51.1 Å². The molecular formula is C20H20N2O4S. The molecule has 0 aliphatic carbocycles. The van der Waals surface area contributed by atoms with Crippen molar-refractivity contribution in [3.63, 3.8) is 0 Å². The van der Waals surface area contributed by atoms with Crippen LogP contribution in [0.5, 0.6) is 0 Å². The van der Waals surface area contributed by atoms with E-state index in [1.54, 1.807) is 25.2 Å². The van der Waals surface area contributed by atoms with Crippen LogP contribution in [-0.2, 0) is 9.84 Å². The topological polar surface area (TPSA) is 86.7 Å². The fraction of sp³-hybridized carbons (Fsp3) is 0.250. The van der Waals surface area contributed by atoms with Crippen LogP contribution in [0.25, 0.3) is 0 Å². The minimum absolute atomic E-state index is 0.180. The van der Waals surface area contributed by atoms with Crippen molar-refractivity contribution in [2.75, 3.05) is 41.9 Å². The van der Waals surface area contributed by atoms with Crippen molar-refractivity contribution in [3.8, 4) is 11.8 Å². The molecule has 1 fully saturated rings. The van der Waals surface area contributed by atoms with Crippen LogP contribution in [0.1, 0.15) is 21.5 Å². The molecule has 0 spiro atoms. The van der Waals surface area contributed by atoms with Gasteiger partial charge in [0.15, 0.2) is 9.84 Å². The van der Waals surface area contributed by atoms with Crippen molar-refractivity contribution < 1.29 is 18.3 Å². The Kier molecular flexibility index (Phi) is 5.38. The van der Waals surface area contributed by atoms with E-state index in [4.69, 9.17) is 0 Å². The van der Waals surface area contributed by atoms with Gasteiger partial charge in [-0.1, -0.05) is 11.8 Å². The summed E-state index contributed by atoms with van der Waals surface area (Å²) in [4.78, 5) is 13.4. The zero-order valence-corrected chi connectivity index (χ0v) is 15.7. The molecule has 1 aliphatic heterocycles. The van der Waals surface area contributed by atoms with Crippen molar-refractivity contribution in [3.05, 3.63) is 59.2 Å². The van der Waals surface area contributed by atoms with Crippen molar-refractivity contribution in [2.45, 2.75) is 0 Å². The number of hydrogen-bond donors (Lipinski definition) is 2. The van der Waals surface area contributed by atoms with Crippen molar-refractivity contribution >= 4 is 27.2 Å². The van der Waals surface area contributed by atoms with Gasteiger partial charge in [0.25, 0.3) is 0 Å². The van der Waals surface area contributed by atoms with E-state index >= 15 is 0 Å². The van der Waals surface area contributed by atoms with E-state index in [2.05, 4.69) is 17.2 Å². The van der Waals surface area contributed by atoms with Crippen LogP contribution in [0.15, 0.2) is 42.5 Å². The zero-order chi connectivity index (χ0) is 19.4. The smallest absolute Gasteiger partial charge is 0.337 e. The fourth-order valence-corrected chi connectivity index (χ4v) is 4.09. The molecule has 1 aliphatic rings. The predicted molar refractivity (Wildman–Crippen MR) is 106 cm³/mol. The summed E-state index contributed by atoms with van der Waals surface area (Å²) < 4.78 is 23.0. The first kappa shape index (κ1) is 18.8. The normalized spacial score (nSPS) is 15.5. The summed E-state index contributed by atoms with van der Waals surface area (Å²) in [6.45, 7) is 1.01. The molecule has 2 aromatic rings. The van der Waals surface area contributed by atoms with Gasteiger partial charge in [-0.15, -0.1) is 0 Å². The lowest BCUT2D eigenvalue weighted by Crippen LogP contribution is -2.40. The summed E-state index contributed by atoms with van der Waals surface area (Å²) in [5.41, 5.74) is 3.12. The summed E-state index contributed by atoms with van der Waals surface area (Å²) in [5.74, 6) is 5.38. The highest BCUT2D eigenvalue weighted by atomic mass is 32.2. The first-order valence-corrected chi connectivity index (χ1v) is 10.3. The Morgan fingerprint density at radius 3 is 2.22 bits per heavy atom. The average molecular weight is 384 g/mol. The Morgan fingerprint density at radius 2 is 1.63 bits per heavy atom. The van der Waals surface area contributed by atoms with Gasteiger partial charge in [0.05, 0.1) is 17.1 Å². The van der Waals surface area contributed by atoms with Crippen LogP contribution in [0.3, 0.4) is 0 Å². The highest BCUT2D eigenvalue weighted by Gasteiger charge is 2.21. The van der Waals surface area contributed by atoms with Crippen LogP contribution in [0.4, 0.5) is 11.4 Å². The quantitative estimate of drug-likeness (QED) is 0.788. The maximum absolute atomic E-state index is 11.5. The number of carboxylic acids is 1. The second-order valence-electron chi connectivity index (χ2n) is 6.25. The molecule has 1 saturated heterocycles. The number of nitrogens with one attached hydrogen (secondary N) is 1. The number of rotatable bonds is 3. The number of aromatic carboxylic acids is 1. The third-order valence-electron chi connectivity index (χ3n) is 4.45. The molecule has 1 heterocycles. The summed E-state index contributed by atoms with van der Waals surface area (Å²) in [7, 11) is -1.22. The lowest BCUT2D eigenvalue weighted by atomic mass is 10.1. The second kappa shape index (κ2) is 7.72. The first-order valence-electron chi connectivity index (χ1n) is 8.50. The van der Waals surface area contributed by atoms with E-state index < -0.39 is 15.8 Å². The molecule has 2 N–H and O–H groups in total. The fourth-order valence-electron chi connectivity index (χ4n) is 2.89. The minimum atomic E-state index is -2.90. The Morgan fingerprint density at radius 1 is 1.04 bits per heavy atom. The zero-order valence-electron chi connectivity index (χ0n) is 14.9. The van der Waals surface area contributed by atoms with Crippen molar-refractivity contribution in [1.82, 2.24) is 0 Å². The van der Waals surface area contributed by atoms with Gasteiger partial charge >= 0.3 is 5.97 Å². The summed E-state index contributed by atoms with van der Waals surface area (Å²) in [6, 6.07) is 12.6. The van der Waals surface area contributed by atoms with E-state index in [1.807, 2.05) is 29.2 Å². The number of sulfone groups is 1. The molecule has 0 aromatic heterocycles. The lowest BCUT2D eigenvalue weighted by Gasteiger charge is -2.28. The largest absolute Gasteiger partial charge is 0.478 e. The molecule has 0 unspecified atom stereocenters. The van der Waals surface area contributed by atoms with E-state index in [0.29, 0.717) is 24.3 Å². The molecule has 0 amide bonds. The van der Waals surface area contributed by atoms with Gasteiger partial charge in [-0.3, -0.25) is 0 Å². The van der Waals surface area contributed by atoms with Gasteiger partial charge in [-0.05, 0) is 42.5 Å². The Bertz CT molecular complexity index is 1000. The standard InChI is InChI=1S/C20H20N2O4S/c1-21-19-9-6-16(14-18(19)20(23)24)3-2-15-4-7-17(8-5-15)22-10-12-27(25,26)13-11-22/h4-9,14,21H,10-13H2,1H3,(H,23,24). The molecule has 7 heteroatoms. The van der Waals surface area contributed by atoms with Crippen LogP contribution >= 0.6 is 0 Å². The van der Waals surface area contributed by atoms with Crippen molar-refractivity contribution in [2.24, 2.45) is 0 Å². The molecule has 0 bridgehead atoms. The number of carbonyl (C=O) groups is 1. The number of hydrogen-bond acceptors (Lipinski definition) is 5. The molecule has 0 radical (unpaired) electrons. The van der Waals surface area contributed by atoms with Crippen LogP contribution < -0.4 is 10.2 Å². The Balaban J connectivity index is 1.74. The number of anilines is 2. The van der Waals surface area contributed by atoms with Gasteiger partial charge < -0.3 is 15.3 Å². The van der Waals surface area contributed by atoms with Gasteiger partial charge in [0.2, 0.25) is 0 Å². The van der Waals surface area contributed by atoms with Crippen LogP contribution in [0.2, 0.25) is 0 Å². The van der Waals surface area contributed by atoms with Crippen molar-refractivity contribution in [1.29, 1.82) is 0 Å². The van der Waals surface area contributed by atoms with E-state index in [1.165, 1.54) is 0 Å². The van der Waals surface area contributed by atoms with Crippen LogP contribution in [0, 0.1) is 11.8 Å². The highest BCUT2D eigenvalue weighted by Crippen LogP contribution is 2.19. The average Bonchev–Trinajstić information content (AvgIpc) is 2.66. The molecule has 27 heavy (non-hydrogen) atoms. The SMILES string of the molecule is CNc1ccc(C#Cc2ccc(N3CCS(=O)(=O)CC3)cc2)cc1C(=O)O. The molecule has 140 valence electrons. The molecule has 0 atom stereocenters. The number of benzene rings is 2. The summed E-state index contributed by atoms with van der Waals surface area (Å²) in [5, 5.41) is 12.1. The molecule has 6 nitrogen and oxygen atoms in total. The van der Waals surface area contributed by atoms with Gasteiger partial charge in [-0.2, -0.15) is 0 Å². The summed E-state index contributed by atoms with van der Waals surface area (Å²) in [6.07, 6.45) is 0. The number of nitrogens with zero attached hydrogens (tertiary/aromatic N) is 1. The number of carboxylic acid groups (broad SMARTS) is 1. The molecule has 0 saturated carbocycles. The highest BCUT2D eigenvalue weighted by molar-refractivity contribution is 7.91. The molecule has 2 aromatic carbocycles. The Hall–Kier alpha value is -2.98. The third-order valence-corrected chi connectivity index (χ3v) is 6.06. The lowest BCUT2D eigenvalue weighted by molar-refractivity contribution is 0.0698. The molecular weight excluding hydrogens is 364 g/mol. The predicted octanol–water partition coefficient (Wildman–Crippen LogP) is 2.06. The maximum atomic E-state index is 11.5. The second-order valence-corrected chi connectivity index (χ2v) is 8.55. The maximum Gasteiger partial charge on any atom is 0.337 e. The van der Waals surface area contributed by atoms with Gasteiger partial charge in [0.1, 0.15) is 0 Å². The Labute approximate surface area is 158 Å². The van der Waals surface area contributed by atoms with E-state index in [0.717, 1.165) is 11.3 Å². The van der Waals surface area contributed by atoms with Gasteiger partial charge in [-0.25, -0.2) is 13.2 Å².